The Kier molecular flexibility index (Phi) is 5.94. The second kappa shape index (κ2) is 8.57. The van der Waals surface area contributed by atoms with E-state index in [2.05, 4.69) is 11.6 Å². The fourth-order valence-electron chi connectivity index (χ4n) is 2.99. The first-order valence-electron chi connectivity index (χ1n) is 9.05. The summed E-state index contributed by atoms with van der Waals surface area (Å²) < 4.78 is 10.8. The van der Waals surface area contributed by atoms with E-state index in [9.17, 15) is 4.79 Å². The number of hydrogen-bond acceptors (Lipinski definition) is 4. The average molecular weight is 376 g/mol. The third-order valence-corrected chi connectivity index (χ3v) is 4.50. The quantitative estimate of drug-likeness (QED) is 0.574. The van der Waals surface area contributed by atoms with Crippen LogP contribution in [0.4, 0.5) is 0 Å². The Morgan fingerprint density at radius 2 is 1.86 bits per heavy atom. The summed E-state index contributed by atoms with van der Waals surface area (Å²) in [4.78, 5) is 19.3. The predicted octanol–water partition coefficient (Wildman–Crippen LogP) is 4.39. The van der Waals surface area contributed by atoms with Gasteiger partial charge >= 0.3 is 0 Å². The van der Waals surface area contributed by atoms with Crippen molar-refractivity contribution in [2.75, 3.05) is 20.8 Å². The van der Waals surface area contributed by atoms with Gasteiger partial charge in [-0.1, -0.05) is 24.8 Å². The third kappa shape index (κ3) is 4.31. The molecular weight excluding hydrogens is 352 g/mol. The summed E-state index contributed by atoms with van der Waals surface area (Å²) in [6.07, 6.45) is 1.70. The number of benzene rings is 2. The van der Waals surface area contributed by atoms with E-state index in [-0.39, 0.29) is 5.91 Å². The van der Waals surface area contributed by atoms with Crippen LogP contribution in [0.15, 0.2) is 61.2 Å². The number of carbonyl (C=O) groups excluding carboxylic acids is 1. The lowest BCUT2D eigenvalue weighted by molar-refractivity contribution is 0.0784. The van der Waals surface area contributed by atoms with E-state index in [4.69, 9.17) is 9.47 Å². The number of aromatic nitrogens is 1. The summed E-state index contributed by atoms with van der Waals surface area (Å²) in [6, 6.07) is 15.2. The summed E-state index contributed by atoms with van der Waals surface area (Å²) in [7, 11) is 3.41. The molecule has 1 amide bonds. The van der Waals surface area contributed by atoms with Crippen molar-refractivity contribution in [1.82, 2.24) is 9.88 Å². The van der Waals surface area contributed by atoms with Gasteiger partial charge < -0.3 is 14.4 Å². The zero-order valence-corrected chi connectivity index (χ0v) is 16.4. The van der Waals surface area contributed by atoms with Crippen molar-refractivity contribution in [2.24, 2.45) is 0 Å². The first kappa shape index (κ1) is 19.4. The molecule has 1 aromatic heterocycles. The number of ether oxygens (including phenoxy) is 2. The molecule has 144 valence electrons. The Bertz CT molecular complexity index is 997. The molecule has 28 heavy (non-hydrogen) atoms. The van der Waals surface area contributed by atoms with E-state index < -0.39 is 0 Å². The van der Waals surface area contributed by atoms with Gasteiger partial charge in [-0.15, -0.1) is 0 Å². The van der Waals surface area contributed by atoms with Gasteiger partial charge in [0, 0.05) is 19.0 Å². The second-order valence-electron chi connectivity index (χ2n) is 6.58. The number of pyridine rings is 1. The largest absolute Gasteiger partial charge is 0.497 e. The van der Waals surface area contributed by atoms with Crippen molar-refractivity contribution in [3.05, 3.63) is 78.0 Å². The summed E-state index contributed by atoms with van der Waals surface area (Å²) in [5.74, 6) is 1.45. The zero-order valence-electron chi connectivity index (χ0n) is 16.4. The SMILES string of the molecule is C=CCOc1ccc(CN(C)C(=O)c2cc3cc(OC)ccc3nc2C)cc1. The molecule has 0 spiro atoms. The normalized spacial score (nSPS) is 10.5. The summed E-state index contributed by atoms with van der Waals surface area (Å²) in [6.45, 7) is 6.46. The van der Waals surface area contributed by atoms with Gasteiger partial charge in [0.15, 0.2) is 0 Å². The molecule has 0 aliphatic rings. The minimum Gasteiger partial charge on any atom is -0.497 e. The maximum atomic E-state index is 13.0. The van der Waals surface area contributed by atoms with Crippen molar-refractivity contribution < 1.29 is 14.3 Å². The summed E-state index contributed by atoms with van der Waals surface area (Å²) in [5, 5.41) is 0.880. The van der Waals surface area contributed by atoms with Crippen LogP contribution < -0.4 is 9.47 Å². The molecule has 0 N–H and O–H groups in total. The van der Waals surface area contributed by atoms with E-state index in [1.54, 1.807) is 25.1 Å². The molecule has 0 aliphatic heterocycles. The van der Waals surface area contributed by atoms with Gasteiger partial charge in [0.05, 0.1) is 23.9 Å². The second-order valence-corrected chi connectivity index (χ2v) is 6.58. The molecule has 2 aromatic carbocycles. The number of aryl methyl sites for hydroxylation is 1. The van der Waals surface area contributed by atoms with Gasteiger partial charge in [0.1, 0.15) is 18.1 Å². The molecular formula is C23H24N2O3. The lowest BCUT2D eigenvalue weighted by Crippen LogP contribution is -2.27. The number of hydrogen-bond donors (Lipinski definition) is 0. The van der Waals surface area contributed by atoms with E-state index in [0.29, 0.717) is 24.4 Å². The number of fused-ring (bicyclic) bond motifs is 1. The van der Waals surface area contributed by atoms with Crippen LogP contribution in [0.2, 0.25) is 0 Å². The van der Waals surface area contributed by atoms with E-state index in [1.165, 1.54) is 0 Å². The van der Waals surface area contributed by atoms with Crippen molar-refractivity contribution in [3.63, 3.8) is 0 Å². The van der Waals surface area contributed by atoms with Gasteiger partial charge in [-0.3, -0.25) is 9.78 Å². The minimum absolute atomic E-state index is 0.0679. The van der Waals surface area contributed by atoms with Crippen LogP contribution in [0.1, 0.15) is 21.6 Å². The molecule has 0 atom stereocenters. The van der Waals surface area contributed by atoms with Crippen LogP contribution in [0.3, 0.4) is 0 Å². The molecule has 0 saturated carbocycles. The standard InChI is InChI=1S/C23H24N2O3/c1-5-12-28-19-8-6-17(7-9-19)15-25(3)23(26)21-14-18-13-20(27-4)10-11-22(18)24-16(21)2/h5-11,13-14H,1,12,15H2,2-4H3. The fourth-order valence-corrected chi connectivity index (χ4v) is 2.99. The van der Waals surface area contributed by atoms with Crippen molar-refractivity contribution in [1.29, 1.82) is 0 Å². The third-order valence-electron chi connectivity index (χ3n) is 4.50. The average Bonchev–Trinajstić information content (AvgIpc) is 2.71. The highest BCUT2D eigenvalue weighted by molar-refractivity contribution is 5.98. The van der Waals surface area contributed by atoms with E-state index in [1.807, 2.05) is 55.5 Å². The van der Waals surface area contributed by atoms with Crippen LogP contribution in [-0.4, -0.2) is 36.6 Å². The first-order valence-corrected chi connectivity index (χ1v) is 9.05. The van der Waals surface area contributed by atoms with Crippen molar-refractivity contribution in [2.45, 2.75) is 13.5 Å². The van der Waals surface area contributed by atoms with E-state index >= 15 is 0 Å². The highest BCUT2D eigenvalue weighted by atomic mass is 16.5. The molecule has 0 unspecified atom stereocenters. The van der Waals surface area contributed by atoms with Gasteiger partial charge in [-0.05, 0) is 48.9 Å². The Morgan fingerprint density at radius 1 is 1.14 bits per heavy atom. The van der Waals surface area contributed by atoms with Gasteiger partial charge in [0.2, 0.25) is 0 Å². The smallest absolute Gasteiger partial charge is 0.255 e. The number of amides is 1. The van der Waals surface area contributed by atoms with Crippen LogP contribution in [0, 0.1) is 6.92 Å². The Labute approximate surface area is 165 Å². The molecule has 0 saturated heterocycles. The first-order chi connectivity index (χ1) is 13.5. The van der Waals surface area contributed by atoms with Gasteiger partial charge in [-0.2, -0.15) is 0 Å². The Morgan fingerprint density at radius 3 is 2.54 bits per heavy atom. The predicted molar refractivity (Wildman–Crippen MR) is 111 cm³/mol. The van der Waals surface area contributed by atoms with Crippen LogP contribution >= 0.6 is 0 Å². The number of methoxy groups -OCH3 is 1. The summed E-state index contributed by atoms with van der Waals surface area (Å²) >= 11 is 0. The molecule has 3 rings (SSSR count). The van der Waals surface area contributed by atoms with Crippen LogP contribution in [-0.2, 0) is 6.54 Å². The van der Waals surface area contributed by atoms with E-state index in [0.717, 1.165) is 28.0 Å². The molecule has 0 bridgehead atoms. The van der Waals surface area contributed by atoms with Crippen LogP contribution in [0.25, 0.3) is 10.9 Å². The topological polar surface area (TPSA) is 51.7 Å². The molecule has 0 fully saturated rings. The fraction of sp³-hybridized carbons (Fsp3) is 0.217. The molecule has 3 aromatic rings. The lowest BCUT2D eigenvalue weighted by atomic mass is 10.1. The number of nitrogens with zero attached hydrogens (tertiary/aromatic N) is 2. The Hall–Kier alpha value is -3.34. The lowest BCUT2D eigenvalue weighted by Gasteiger charge is -2.19. The minimum atomic E-state index is -0.0679. The molecule has 0 radical (unpaired) electrons. The zero-order chi connectivity index (χ0) is 20.1. The van der Waals surface area contributed by atoms with Gasteiger partial charge in [0.25, 0.3) is 5.91 Å². The highest BCUT2D eigenvalue weighted by Gasteiger charge is 2.16. The maximum absolute atomic E-state index is 13.0. The van der Waals surface area contributed by atoms with Crippen LogP contribution in [0.5, 0.6) is 11.5 Å². The number of carbonyl (C=O) groups is 1. The monoisotopic (exact) mass is 376 g/mol. The maximum Gasteiger partial charge on any atom is 0.255 e. The summed E-state index contributed by atoms with van der Waals surface area (Å²) in [5.41, 5.74) is 3.17. The van der Waals surface area contributed by atoms with Crippen molar-refractivity contribution in [3.8, 4) is 11.5 Å². The molecule has 1 heterocycles. The molecule has 5 heteroatoms. The van der Waals surface area contributed by atoms with Gasteiger partial charge in [-0.25, -0.2) is 0 Å². The highest BCUT2D eigenvalue weighted by Crippen LogP contribution is 2.23. The Balaban J connectivity index is 1.78. The number of rotatable bonds is 7. The van der Waals surface area contributed by atoms with Crippen molar-refractivity contribution >= 4 is 16.8 Å². The molecule has 0 aliphatic carbocycles. The molecule has 5 nitrogen and oxygen atoms in total.